The Balaban J connectivity index is 0. The van der Waals surface area contributed by atoms with E-state index in [4.69, 9.17) is 0 Å². The molecule has 0 bridgehead atoms. The van der Waals surface area contributed by atoms with Crippen molar-refractivity contribution in [2.75, 3.05) is 27.2 Å². The first-order chi connectivity index (χ1) is 7.62. The van der Waals surface area contributed by atoms with Crippen molar-refractivity contribution in [3.05, 3.63) is 0 Å². The van der Waals surface area contributed by atoms with E-state index in [1.165, 1.54) is 75.4 Å². The third-order valence-electron chi connectivity index (χ3n) is 3.48. The molecule has 17 heavy (non-hydrogen) atoms. The van der Waals surface area contributed by atoms with Gasteiger partial charge in [-0.1, -0.05) is 46.0 Å². The van der Waals surface area contributed by atoms with Crippen LogP contribution in [0.4, 0.5) is 0 Å². The Morgan fingerprint density at radius 3 is 1.35 bits per heavy atom. The van der Waals surface area contributed by atoms with E-state index < -0.39 is 0 Å². The summed E-state index contributed by atoms with van der Waals surface area (Å²) in [6.45, 7) is 7.31. The molecule has 0 N–H and O–H groups in total. The van der Waals surface area contributed by atoms with E-state index in [-0.39, 0.29) is 17.0 Å². The van der Waals surface area contributed by atoms with Crippen LogP contribution in [0.3, 0.4) is 0 Å². The van der Waals surface area contributed by atoms with Crippen LogP contribution < -0.4 is 17.0 Å². The van der Waals surface area contributed by atoms with Crippen LogP contribution in [0.1, 0.15) is 71.6 Å². The molecule has 0 aromatic rings. The van der Waals surface area contributed by atoms with Crippen molar-refractivity contribution < 1.29 is 21.5 Å². The van der Waals surface area contributed by atoms with Crippen molar-refractivity contribution in [2.24, 2.45) is 0 Å². The lowest BCUT2D eigenvalue weighted by Gasteiger charge is -2.30. The second-order valence-corrected chi connectivity index (χ2v) is 5.86. The average molecular weight is 308 g/mol. The highest BCUT2D eigenvalue weighted by atomic mass is 79.9. The monoisotopic (exact) mass is 307 g/mol. The molecule has 0 fully saturated rings. The van der Waals surface area contributed by atoms with Crippen LogP contribution in [-0.2, 0) is 0 Å². The molecule has 0 radical (unpaired) electrons. The van der Waals surface area contributed by atoms with Crippen molar-refractivity contribution in [1.82, 2.24) is 0 Å². The van der Waals surface area contributed by atoms with Crippen molar-refractivity contribution in [1.29, 1.82) is 0 Å². The number of hydrogen-bond donors (Lipinski definition) is 0. The number of halogens is 1. The van der Waals surface area contributed by atoms with Crippen LogP contribution in [0.2, 0.25) is 0 Å². The molecule has 0 aromatic heterocycles. The molecule has 0 aliphatic rings. The molecular formula is C15H34BrN. The Morgan fingerprint density at radius 1 is 0.588 bits per heavy atom. The van der Waals surface area contributed by atoms with Gasteiger partial charge in [-0.3, -0.25) is 0 Å². The fourth-order valence-corrected chi connectivity index (χ4v) is 2.22. The summed E-state index contributed by atoms with van der Waals surface area (Å²) in [7, 11) is 4.79. The summed E-state index contributed by atoms with van der Waals surface area (Å²) in [6, 6.07) is 0. The normalized spacial score (nSPS) is 11.3. The quantitative estimate of drug-likeness (QED) is 0.402. The highest BCUT2D eigenvalue weighted by Crippen LogP contribution is 2.09. The third-order valence-corrected chi connectivity index (χ3v) is 3.48. The van der Waals surface area contributed by atoms with Crippen LogP contribution in [-0.4, -0.2) is 31.7 Å². The Bertz CT molecular complexity index is 146. The zero-order chi connectivity index (χ0) is 12.3. The predicted octanol–water partition coefficient (Wildman–Crippen LogP) is 1.62. The summed E-state index contributed by atoms with van der Waals surface area (Å²) in [5.74, 6) is 0. The van der Waals surface area contributed by atoms with Gasteiger partial charge in [0.1, 0.15) is 0 Å². The minimum atomic E-state index is 0. The fraction of sp³-hybridized carbons (Fsp3) is 1.00. The van der Waals surface area contributed by atoms with E-state index in [2.05, 4.69) is 27.9 Å². The molecule has 0 aliphatic carbocycles. The van der Waals surface area contributed by atoms with Crippen molar-refractivity contribution in [3.63, 3.8) is 0 Å². The van der Waals surface area contributed by atoms with Gasteiger partial charge in [0.25, 0.3) is 0 Å². The molecule has 0 heterocycles. The molecule has 0 saturated heterocycles. The first-order valence-electron chi connectivity index (χ1n) is 7.44. The summed E-state index contributed by atoms with van der Waals surface area (Å²) in [5, 5.41) is 0. The molecule has 0 atom stereocenters. The molecule has 0 amide bonds. The van der Waals surface area contributed by atoms with Gasteiger partial charge in [-0.2, -0.15) is 0 Å². The molecule has 0 aliphatic heterocycles. The van der Waals surface area contributed by atoms with E-state index in [0.717, 1.165) is 0 Å². The molecule has 0 unspecified atom stereocenters. The lowest BCUT2D eigenvalue weighted by atomic mass is 10.1. The number of quaternary nitrogens is 1. The van der Waals surface area contributed by atoms with Crippen LogP contribution in [0.15, 0.2) is 0 Å². The lowest BCUT2D eigenvalue weighted by Crippen LogP contribution is -3.00. The first-order valence-corrected chi connectivity index (χ1v) is 7.44. The number of nitrogens with zero attached hydrogens (tertiary/aromatic N) is 1. The molecule has 1 nitrogen and oxygen atoms in total. The maximum atomic E-state index is 2.39. The minimum Gasteiger partial charge on any atom is -1.00 e. The van der Waals surface area contributed by atoms with Gasteiger partial charge in [-0.15, -0.1) is 0 Å². The lowest BCUT2D eigenvalue weighted by molar-refractivity contribution is -0.890. The van der Waals surface area contributed by atoms with Gasteiger partial charge in [-0.25, -0.2) is 0 Å². The predicted molar refractivity (Wildman–Crippen MR) is 74.7 cm³/mol. The van der Waals surface area contributed by atoms with E-state index in [1.807, 2.05) is 0 Å². The summed E-state index contributed by atoms with van der Waals surface area (Å²) in [6.07, 6.45) is 12.7. The molecule has 0 aromatic carbocycles. The fourth-order valence-electron chi connectivity index (χ4n) is 2.22. The van der Waals surface area contributed by atoms with Crippen LogP contribution in [0.25, 0.3) is 0 Å². The Labute approximate surface area is 120 Å². The summed E-state index contributed by atoms with van der Waals surface area (Å²) >= 11 is 0. The van der Waals surface area contributed by atoms with E-state index in [0.29, 0.717) is 0 Å². The molecule has 0 rings (SSSR count). The summed E-state index contributed by atoms with van der Waals surface area (Å²) in [5.41, 5.74) is 0. The maximum Gasteiger partial charge on any atom is 0.0782 e. The largest absolute Gasteiger partial charge is 1.00 e. The molecule has 2 heteroatoms. The number of rotatable bonds is 11. The zero-order valence-electron chi connectivity index (χ0n) is 12.6. The molecule has 0 saturated carbocycles. The van der Waals surface area contributed by atoms with Gasteiger partial charge in [0.2, 0.25) is 0 Å². The van der Waals surface area contributed by atoms with E-state index in [1.54, 1.807) is 0 Å². The second kappa shape index (κ2) is 12.9. The summed E-state index contributed by atoms with van der Waals surface area (Å²) in [4.78, 5) is 0. The second-order valence-electron chi connectivity index (χ2n) is 5.86. The third kappa shape index (κ3) is 14.4. The van der Waals surface area contributed by atoms with Crippen molar-refractivity contribution in [2.45, 2.75) is 71.6 Å². The maximum absolute atomic E-state index is 2.39. The van der Waals surface area contributed by atoms with Gasteiger partial charge in [0.05, 0.1) is 27.2 Å². The van der Waals surface area contributed by atoms with Crippen LogP contribution in [0, 0.1) is 0 Å². The first kappa shape index (κ1) is 19.8. The Morgan fingerprint density at radius 2 is 0.941 bits per heavy atom. The standard InChI is InChI=1S/C15H34N.BrH/c1-5-7-9-11-13-15-16(3,4)14-12-10-8-6-2;/h5-15H2,1-4H3;1H/q+1;/p-1. The SMILES string of the molecule is CCCCCCC[N+](C)(C)CCCCCC.[Br-]. The molecule has 106 valence electrons. The van der Waals surface area contributed by atoms with Crippen molar-refractivity contribution in [3.8, 4) is 0 Å². The topological polar surface area (TPSA) is 0 Å². The van der Waals surface area contributed by atoms with Crippen LogP contribution >= 0.6 is 0 Å². The van der Waals surface area contributed by atoms with Gasteiger partial charge in [0.15, 0.2) is 0 Å². The minimum absolute atomic E-state index is 0. The number of hydrogen-bond acceptors (Lipinski definition) is 0. The van der Waals surface area contributed by atoms with E-state index >= 15 is 0 Å². The van der Waals surface area contributed by atoms with Crippen molar-refractivity contribution >= 4 is 0 Å². The summed E-state index contributed by atoms with van der Waals surface area (Å²) < 4.78 is 1.23. The van der Waals surface area contributed by atoms with Gasteiger partial charge >= 0.3 is 0 Å². The average Bonchev–Trinajstić information content (AvgIpc) is 2.24. The zero-order valence-corrected chi connectivity index (χ0v) is 14.2. The van der Waals surface area contributed by atoms with Gasteiger partial charge < -0.3 is 21.5 Å². The Kier molecular flexibility index (Phi) is 15.0. The number of unbranched alkanes of at least 4 members (excludes halogenated alkanes) is 7. The van der Waals surface area contributed by atoms with Gasteiger partial charge in [-0.05, 0) is 25.7 Å². The molecule has 0 spiro atoms. The van der Waals surface area contributed by atoms with Crippen LogP contribution in [0.5, 0.6) is 0 Å². The molecular weight excluding hydrogens is 274 g/mol. The highest BCUT2D eigenvalue weighted by molar-refractivity contribution is 4.44. The van der Waals surface area contributed by atoms with E-state index in [9.17, 15) is 0 Å². The van der Waals surface area contributed by atoms with Gasteiger partial charge in [0, 0.05) is 0 Å². The smallest absolute Gasteiger partial charge is 0.0782 e. The highest BCUT2D eigenvalue weighted by Gasteiger charge is 2.13. The Hall–Kier alpha value is 0.440.